The van der Waals surface area contributed by atoms with Crippen LogP contribution in [0.15, 0.2) is 42.5 Å². The van der Waals surface area contributed by atoms with E-state index in [2.05, 4.69) is 34.6 Å². The van der Waals surface area contributed by atoms with Crippen molar-refractivity contribution in [2.24, 2.45) is 13.0 Å². The lowest BCUT2D eigenvalue weighted by atomic mass is 9.99. The van der Waals surface area contributed by atoms with Gasteiger partial charge in [-0.1, -0.05) is 37.3 Å². The highest BCUT2D eigenvalue weighted by molar-refractivity contribution is 5.92. The molecule has 1 amide bonds. The minimum atomic E-state index is 0.0740. The van der Waals surface area contributed by atoms with E-state index in [-0.39, 0.29) is 5.91 Å². The summed E-state index contributed by atoms with van der Waals surface area (Å²) in [6.07, 6.45) is 2.55. The number of hydrogen-bond donors (Lipinski definition) is 0. The van der Waals surface area contributed by atoms with Gasteiger partial charge in [0.15, 0.2) is 0 Å². The van der Waals surface area contributed by atoms with E-state index in [4.69, 9.17) is 0 Å². The first-order valence-electron chi connectivity index (χ1n) is 9.21. The molecule has 0 spiro atoms. The van der Waals surface area contributed by atoms with E-state index in [1.165, 1.54) is 18.5 Å². The fourth-order valence-electron chi connectivity index (χ4n) is 3.50. The Morgan fingerprint density at radius 2 is 1.80 bits per heavy atom. The number of nitrogens with zero attached hydrogens (tertiary/aromatic N) is 3. The number of likely N-dealkylation sites (tertiary alicyclic amines) is 1. The molecule has 2 heterocycles. The van der Waals surface area contributed by atoms with Gasteiger partial charge in [-0.3, -0.25) is 9.69 Å². The van der Waals surface area contributed by atoms with E-state index < -0.39 is 0 Å². The SMILES string of the molecule is CC1CCN(Cc2ccc(C(=O)N(C)Cc3ccccc3)n2C)CC1. The molecule has 1 aromatic heterocycles. The third-order valence-corrected chi connectivity index (χ3v) is 5.32. The van der Waals surface area contributed by atoms with Crippen LogP contribution in [0.2, 0.25) is 0 Å². The molecule has 1 aliphatic heterocycles. The topological polar surface area (TPSA) is 28.5 Å². The summed E-state index contributed by atoms with van der Waals surface area (Å²) in [5, 5.41) is 0. The fourth-order valence-corrected chi connectivity index (χ4v) is 3.50. The molecule has 0 N–H and O–H groups in total. The third-order valence-electron chi connectivity index (χ3n) is 5.32. The molecule has 0 unspecified atom stereocenters. The van der Waals surface area contributed by atoms with Crippen molar-refractivity contribution < 1.29 is 4.79 Å². The molecule has 4 heteroatoms. The summed E-state index contributed by atoms with van der Waals surface area (Å²) in [7, 11) is 3.87. The zero-order valence-corrected chi connectivity index (χ0v) is 15.6. The summed E-state index contributed by atoms with van der Waals surface area (Å²) >= 11 is 0. The van der Waals surface area contributed by atoms with Crippen LogP contribution in [0, 0.1) is 5.92 Å². The average molecular weight is 339 g/mol. The van der Waals surface area contributed by atoms with Crippen LogP contribution in [0.5, 0.6) is 0 Å². The van der Waals surface area contributed by atoms with Crippen molar-refractivity contribution in [2.45, 2.75) is 32.9 Å². The molecule has 3 rings (SSSR count). The lowest BCUT2D eigenvalue weighted by Crippen LogP contribution is -2.33. The van der Waals surface area contributed by atoms with E-state index in [9.17, 15) is 4.79 Å². The molecule has 25 heavy (non-hydrogen) atoms. The van der Waals surface area contributed by atoms with Gasteiger partial charge in [-0.15, -0.1) is 0 Å². The summed E-state index contributed by atoms with van der Waals surface area (Å²) in [5.74, 6) is 0.915. The Bertz CT molecular complexity index is 699. The second-order valence-corrected chi connectivity index (χ2v) is 7.37. The maximum atomic E-state index is 12.8. The molecular formula is C21H29N3O. The summed E-state index contributed by atoms with van der Waals surface area (Å²) in [4.78, 5) is 17.1. The molecule has 1 aliphatic rings. The molecule has 0 radical (unpaired) electrons. The second-order valence-electron chi connectivity index (χ2n) is 7.37. The first kappa shape index (κ1) is 17.7. The molecule has 1 fully saturated rings. The minimum absolute atomic E-state index is 0.0740. The van der Waals surface area contributed by atoms with Crippen molar-refractivity contribution in [1.29, 1.82) is 0 Å². The molecule has 2 aromatic rings. The summed E-state index contributed by atoms with van der Waals surface area (Å²) in [6, 6.07) is 14.2. The maximum absolute atomic E-state index is 12.8. The van der Waals surface area contributed by atoms with Crippen LogP contribution in [-0.4, -0.2) is 40.4 Å². The standard InChI is InChI=1S/C21H29N3O/c1-17-11-13-24(14-12-17)16-19-9-10-20(23(19)3)21(25)22(2)15-18-7-5-4-6-8-18/h4-10,17H,11-16H2,1-3H3. The predicted molar refractivity (Wildman–Crippen MR) is 101 cm³/mol. The number of aromatic nitrogens is 1. The average Bonchev–Trinajstić information content (AvgIpc) is 2.98. The lowest BCUT2D eigenvalue weighted by molar-refractivity contribution is 0.0775. The number of rotatable bonds is 5. The largest absolute Gasteiger partial charge is 0.342 e. The van der Waals surface area contributed by atoms with Crippen LogP contribution in [0.3, 0.4) is 0 Å². The number of benzene rings is 1. The smallest absolute Gasteiger partial charge is 0.270 e. The van der Waals surface area contributed by atoms with Crippen LogP contribution in [0.4, 0.5) is 0 Å². The normalized spacial score (nSPS) is 16.1. The van der Waals surface area contributed by atoms with Gasteiger partial charge in [0, 0.05) is 32.9 Å². The second kappa shape index (κ2) is 7.87. The highest BCUT2D eigenvalue weighted by atomic mass is 16.2. The Hall–Kier alpha value is -2.07. The zero-order valence-electron chi connectivity index (χ0n) is 15.6. The molecular weight excluding hydrogens is 310 g/mol. The number of carbonyl (C=O) groups is 1. The monoisotopic (exact) mass is 339 g/mol. The van der Waals surface area contributed by atoms with E-state index in [0.29, 0.717) is 6.54 Å². The van der Waals surface area contributed by atoms with Gasteiger partial charge in [0.25, 0.3) is 5.91 Å². The Balaban J connectivity index is 1.64. The van der Waals surface area contributed by atoms with E-state index >= 15 is 0 Å². The molecule has 0 bridgehead atoms. The number of carbonyl (C=O) groups excluding carboxylic acids is 1. The summed E-state index contributed by atoms with van der Waals surface area (Å²) in [6.45, 7) is 6.20. The van der Waals surface area contributed by atoms with Gasteiger partial charge in [0.05, 0.1) is 0 Å². The molecule has 1 aromatic carbocycles. The van der Waals surface area contributed by atoms with Gasteiger partial charge < -0.3 is 9.47 Å². The first-order valence-corrected chi connectivity index (χ1v) is 9.21. The van der Waals surface area contributed by atoms with E-state index in [1.807, 2.05) is 38.4 Å². The molecule has 4 nitrogen and oxygen atoms in total. The van der Waals surface area contributed by atoms with Crippen LogP contribution in [-0.2, 0) is 20.1 Å². The molecule has 1 saturated heterocycles. The van der Waals surface area contributed by atoms with Crippen molar-refractivity contribution in [3.63, 3.8) is 0 Å². The van der Waals surface area contributed by atoms with Gasteiger partial charge in [-0.05, 0) is 49.5 Å². The fraction of sp³-hybridized carbons (Fsp3) is 0.476. The summed E-state index contributed by atoms with van der Waals surface area (Å²) < 4.78 is 2.06. The Morgan fingerprint density at radius 1 is 1.12 bits per heavy atom. The first-order chi connectivity index (χ1) is 12.0. The Labute approximate surface area is 151 Å². The van der Waals surface area contributed by atoms with Gasteiger partial charge >= 0.3 is 0 Å². The number of hydrogen-bond acceptors (Lipinski definition) is 2. The lowest BCUT2D eigenvalue weighted by Gasteiger charge is -2.30. The molecule has 134 valence electrons. The third kappa shape index (κ3) is 4.31. The van der Waals surface area contributed by atoms with Gasteiger partial charge in [0.2, 0.25) is 0 Å². The number of piperidine rings is 1. The number of amides is 1. The molecule has 0 saturated carbocycles. The van der Waals surface area contributed by atoms with Crippen molar-refractivity contribution in [2.75, 3.05) is 20.1 Å². The zero-order chi connectivity index (χ0) is 17.8. The van der Waals surface area contributed by atoms with Crippen molar-refractivity contribution in [3.8, 4) is 0 Å². The van der Waals surface area contributed by atoms with E-state index in [1.54, 1.807) is 4.90 Å². The van der Waals surface area contributed by atoms with Crippen LogP contribution in [0.25, 0.3) is 0 Å². The van der Waals surface area contributed by atoms with Crippen molar-refractivity contribution in [3.05, 3.63) is 59.4 Å². The van der Waals surface area contributed by atoms with Gasteiger partial charge in [-0.25, -0.2) is 0 Å². The van der Waals surface area contributed by atoms with E-state index in [0.717, 1.165) is 36.8 Å². The van der Waals surface area contributed by atoms with Crippen LogP contribution < -0.4 is 0 Å². The van der Waals surface area contributed by atoms with Crippen molar-refractivity contribution >= 4 is 5.91 Å². The molecule has 0 aliphatic carbocycles. The maximum Gasteiger partial charge on any atom is 0.270 e. The molecule has 0 atom stereocenters. The quantitative estimate of drug-likeness (QED) is 0.834. The predicted octanol–water partition coefficient (Wildman–Crippen LogP) is 3.53. The van der Waals surface area contributed by atoms with Gasteiger partial charge in [0.1, 0.15) is 5.69 Å². The highest BCUT2D eigenvalue weighted by Crippen LogP contribution is 2.19. The summed E-state index contributed by atoms with van der Waals surface area (Å²) in [5.41, 5.74) is 3.13. The van der Waals surface area contributed by atoms with Crippen LogP contribution >= 0.6 is 0 Å². The van der Waals surface area contributed by atoms with Gasteiger partial charge in [-0.2, -0.15) is 0 Å². The Morgan fingerprint density at radius 3 is 2.48 bits per heavy atom. The minimum Gasteiger partial charge on any atom is -0.342 e. The Kier molecular flexibility index (Phi) is 5.59. The van der Waals surface area contributed by atoms with Crippen molar-refractivity contribution in [1.82, 2.24) is 14.4 Å². The van der Waals surface area contributed by atoms with Crippen LogP contribution in [0.1, 0.15) is 41.5 Å². The highest BCUT2D eigenvalue weighted by Gasteiger charge is 2.20.